The van der Waals surface area contributed by atoms with E-state index in [4.69, 9.17) is 9.47 Å². The van der Waals surface area contributed by atoms with E-state index in [0.29, 0.717) is 22.9 Å². The lowest BCUT2D eigenvalue weighted by Gasteiger charge is -2.08. The Morgan fingerprint density at radius 2 is 1.92 bits per heavy atom. The summed E-state index contributed by atoms with van der Waals surface area (Å²) in [6.07, 6.45) is 1.45. The highest BCUT2D eigenvalue weighted by Gasteiger charge is 2.15. The molecule has 0 fully saturated rings. The number of carbonyl (C=O) groups is 1. The second-order valence-electron chi connectivity index (χ2n) is 5.42. The first kappa shape index (κ1) is 15.8. The molecule has 8 heteroatoms. The van der Waals surface area contributed by atoms with Gasteiger partial charge in [0.2, 0.25) is 12.7 Å². The number of anilines is 3. The highest BCUT2D eigenvalue weighted by Crippen LogP contribution is 2.34. The fourth-order valence-electron chi connectivity index (χ4n) is 2.41. The lowest BCUT2D eigenvalue weighted by molar-refractivity contribution is 0.102. The van der Waals surface area contributed by atoms with Gasteiger partial charge < -0.3 is 20.1 Å². The molecule has 26 heavy (non-hydrogen) atoms. The van der Waals surface area contributed by atoms with Crippen LogP contribution in [0, 0.1) is 5.82 Å². The van der Waals surface area contributed by atoms with Crippen molar-refractivity contribution >= 4 is 23.2 Å². The highest BCUT2D eigenvalue weighted by molar-refractivity contribution is 6.03. The van der Waals surface area contributed by atoms with Crippen LogP contribution in [-0.2, 0) is 0 Å². The van der Waals surface area contributed by atoms with E-state index in [-0.39, 0.29) is 24.3 Å². The normalized spacial score (nSPS) is 11.9. The average molecular weight is 352 g/mol. The monoisotopic (exact) mass is 352 g/mol. The molecule has 0 bridgehead atoms. The van der Waals surface area contributed by atoms with Crippen molar-refractivity contribution in [1.29, 1.82) is 0 Å². The van der Waals surface area contributed by atoms with Crippen LogP contribution in [0.15, 0.2) is 54.7 Å². The van der Waals surface area contributed by atoms with E-state index >= 15 is 0 Å². The fraction of sp³-hybridized carbons (Fsp3) is 0.0556. The molecule has 0 atom stereocenters. The summed E-state index contributed by atoms with van der Waals surface area (Å²) < 4.78 is 23.8. The molecule has 0 radical (unpaired) electrons. The molecule has 3 aromatic rings. The maximum atomic E-state index is 13.3. The Labute approximate surface area is 147 Å². The van der Waals surface area contributed by atoms with Gasteiger partial charge >= 0.3 is 0 Å². The van der Waals surface area contributed by atoms with Crippen LogP contribution in [0.3, 0.4) is 0 Å². The molecule has 1 amide bonds. The van der Waals surface area contributed by atoms with Crippen LogP contribution in [0.5, 0.6) is 11.5 Å². The number of halogens is 1. The second kappa shape index (κ2) is 6.67. The van der Waals surface area contributed by atoms with Crippen molar-refractivity contribution in [2.75, 3.05) is 17.4 Å². The van der Waals surface area contributed by atoms with Crippen molar-refractivity contribution < 1.29 is 18.7 Å². The fourth-order valence-corrected chi connectivity index (χ4v) is 2.41. The first-order valence-corrected chi connectivity index (χ1v) is 7.74. The van der Waals surface area contributed by atoms with Crippen molar-refractivity contribution in [2.45, 2.75) is 0 Å². The Balaban J connectivity index is 1.49. The molecule has 0 aliphatic carbocycles. The molecule has 1 aromatic heterocycles. The van der Waals surface area contributed by atoms with Crippen LogP contribution in [-0.4, -0.2) is 22.7 Å². The number of rotatable bonds is 4. The summed E-state index contributed by atoms with van der Waals surface area (Å²) in [5.41, 5.74) is 1.20. The standard InChI is InChI=1S/C18H13FN4O3/c19-11-2-1-3-12(8-11)22-18-20-7-6-14(23-18)17(24)21-13-4-5-15-16(9-13)26-10-25-15/h1-9H,10H2,(H,21,24)(H,20,22,23). The van der Waals surface area contributed by atoms with Gasteiger partial charge in [0.05, 0.1) is 0 Å². The predicted octanol–water partition coefficient (Wildman–Crippen LogP) is 3.34. The van der Waals surface area contributed by atoms with Gasteiger partial charge in [0.1, 0.15) is 11.5 Å². The molecule has 7 nitrogen and oxygen atoms in total. The molecule has 1 aliphatic rings. The maximum Gasteiger partial charge on any atom is 0.274 e. The summed E-state index contributed by atoms with van der Waals surface area (Å²) >= 11 is 0. The summed E-state index contributed by atoms with van der Waals surface area (Å²) in [5, 5.41) is 5.59. The summed E-state index contributed by atoms with van der Waals surface area (Å²) in [5.74, 6) is 0.597. The van der Waals surface area contributed by atoms with Crippen LogP contribution >= 0.6 is 0 Å². The predicted molar refractivity (Wildman–Crippen MR) is 92.2 cm³/mol. The summed E-state index contributed by atoms with van der Waals surface area (Å²) in [4.78, 5) is 20.6. The smallest absolute Gasteiger partial charge is 0.274 e. The number of hydrogen-bond acceptors (Lipinski definition) is 6. The Kier molecular flexibility index (Phi) is 4.06. The number of ether oxygens (including phenoxy) is 2. The molecule has 2 heterocycles. The molecule has 0 saturated heterocycles. The van der Waals surface area contributed by atoms with E-state index < -0.39 is 5.91 Å². The van der Waals surface area contributed by atoms with Crippen LogP contribution in [0.2, 0.25) is 0 Å². The topological polar surface area (TPSA) is 85.4 Å². The van der Waals surface area contributed by atoms with Gasteiger partial charge in [-0.2, -0.15) is 0 Å². The summed E-state index contributed by atoms with van der Waals surface area (Å²) in [6.45, 7) is 0.160. The Morgan fingerprint density at radius 3 is 2.81 bits per heavy atom. The van der Waals surface area contributed by atoms with E-state index in [1.807, 2.05) is 0 Å². The van der Waals surface area contributed by atoms with E-state index in [9.17, 15) is 9.18 Å². The zero-order valence-electron chi connectivity index (χ0n) is 13.4. The number of amides is 1. The molecule has 2 N–H and O–H groups in total. The SMILES string of the molecule is O=C(Nc1ccc2c(c1)OCO2)c1ccnc(Nc2cccc(F)c2)n1. The van der Waals surface area contributed by atoms with E-state index in [1.54, 1.807) is 30.3 Å². The van der Waals surface area contributed by atoms with Gasteiger partial charge in [-0.3, -0.25) is 4.79 Å². The molecule has 0 unspecified atom stereocenters. The molecular formula is C18H13FN4O3. The van der Waals surface area contributed by atoms with Gasteiger partial charge in [-0.05, 0) is 36.4 Å². The third kappa shape index (κ3) is 3.39. The lowest BCUT2D eigenvalue weighted by Crippen LogP contribution is -2.14. The minimum Gasteiger partial charge on any atom is -0.454 e. The number of fused-ring (bicyclic) bond motifs is 1. The van der Waals surface area contributed by atoms with Crippen LogP contribution in [0.1, 0.15) is 10.5 Å². The van der Waals surface area contributed by atoms with Crippen molar-refractivity contribution in [1.82, 2.24) is 9.97 Å². The van der Waals surface area contributed by atoms with Crippen LogP contribution < -0.4 is 20.1 Å². The van der Waals surface area contributed by atoms with Gasteiger partial charge in [0, 0.05) is 23.6 Å². The van der Waals surface area contributed by atoms with Gasteiger partial charge in [-0.25, -0.2) is 14.4 Å². The average Bonchev–Trinajstić information content (AvgIpc) is 3.10. The van der Waals surface area contributed by atoms with Gasteiger partial charge in [0.25, 0.3) is 5.91 Å². The maximum absolute atomic E-state index is 13.3. The van der Waals surface area contributed by atoms with Crippen LogP contribution in [0.25, 0.3) is 0 Å². The van der Waals surface area contributed by atoms with Crippen molar-refractivity contribution in [3.63, 3.8) is 0 Å². The second-order valence-corrected chi connectivity index (χ2v) is 5.42. The molecule has 0 saturated carbocycles. The Bertz CT molecular complexity index is 980. The first-order valence-electron chi connectivity index (χ1n) is 7.74. The number of hydrogen-bond donors (Lipinski definition) is 2. The minimum absolute atomic E-state index is 0.160. The number of carbonyl (C=O) groups excluding carboxylic acids is 1. The highest BCUT2D eigenvalue weighted by atomic mass is 19.1. The zero-order chi connectivity index (χ0) is 17.9. The summed E-state index contributed by atoms with van der Waals surface area (Å²) in [6, 6.07) is 12.5. The molecule has 0 spiro atoms. The molecular weight excluding hydrogens is 339 g/mol. The number of aromatic nitrogens is 2. The third-order valence-electron chi connectivity index (χ3n) is 3.60. The van der Waals surface area contributed by atoms with Gasteiger partial charge in [0.15, 0.2) is 11.5 Å². The molecule has 1 aliphatic heterocycles. The number of nitrogens with zero attached hydrogens (tertiary/aromatic N) is 2. The molecule has 130 valence electrons. The summed E-state index contributed by atoms with van der Waals surface area (Å²) in [7, 11) is 0. The number of benzene rings is 2. The van der Waals surface area contributed by atoms with Gasteiger partial charge in [-0.15, -0.1) is 0 Å². The minimum atomic E-state index is -0.409. The first-order chi connectivity index (χ1) is 12.7. The van der Waals surface area contributed by atoms with E-state index in [0.717, 1.165) is 0 Å². The van der Waals surface area contributed by atoms with E-state index in [2.05, 4.69) is 20.6 Å². The quantitative estimate of drug-likeness (QED) is 0.749. The molecule has 4 rings (SSSR count). The lowest BCUT2D eigenvalue weighted by atomic mass is 10.2. The van der Waals surface area contributed by atoms with Crippen LogP contribution in [0.4, 0.5) is 21.7 Å². The van der Waals surface area contributed by atoms with Crippen molar-refractivity contribution in [3.05, 3.63) is 66.2 Å². The van der Waals surface area contributed by atoms with Gasteiger partial charge in [-0.1, -0.05) is 6.07 Å². The van der Waals surface area contributed by atoms with E-state index in [1.165, 1.54) is 24.4 Å². The Hall–Kier alpha value is -3.68. The van der Waals surface area contributed by atoms with Crippen molar-refractivity contribution in [2.24, 2.45) is 0 Å². The van der Waals surface area contributed by atoms with Crippen molar-refractivity contribution in [3.8, 4) is 11.5 Å². The number of nitrogens with one attached hydrogen (secondary N) is 2. The zero-order valence-corrected chi connectivity index (χ0v) is 13.4. The largest absolute Gasteiger partial charge is 0.454 e. The third-order valence-corrected chi connectivity index (χ3v) is 3.60. The molecule has 2 aromatic carbocycles. The Morgan fingerprint density at radius 1 is 1.04 bits per heavy atom.